The van der Waals surface area contributed by atoms with Crippen LogP contribution in [0.4, 0.5) is 11.4 Å². The summed E-state index contributed by atoms with van der Waals surface area (Å²) < 4.78 is 5.21. The number of hydrogen-bond donors (Lipinski definition) is 1. The van der Waals surface area contributed by atoms with Crippen LogP contribution in [0, 0.1) is 11.3 Å². The van der Waals surface area contributed by atoms with E-state index in [1.807, 2.05) is 18.2 Å². The molecule has 108 valence electrons. The average Bonchev–Trinajstić information content (AvgIpc) is 2.46. The smallest absolute Gasteiger partial charge is 0.121 e. The van der Waals surface area contributed by atoms with Gasteiger partial charge in [-0.25, -0.2) is 0 Å². The summed E-state index contributed by atoms with van der Waals surface area (Å²) >= 11 is 0. The third-order valence-electron chi connectivity index (χ3n) is 3.38. The van der Waals surface area contributed by atoms with Gasteiger partial charge in [0, 0.05) is 11.8 Å². The van der Waals surface area contributed by atoms with Crippen molar-refractivity contribution in [2.75, 3.05) is 12.4 Å². The zero-order valence-corrected chi connectivity index (χ0v) is 12.9. The molecule has 21 heavy (non-hydrogen) atoms. The second-order valence-electron chi connectivity index (χ2n) is 5.98. The molecule has 3 nitrogen and oxygen atoms in total. The number of nitrogens with zero attached hydrogens (tertiary/aromatic N) is 1. The zero-order valence-electron chi connectivity index (χ0n) is 12.9. The zero-order chi connectivity index (χ0) is 15.5. The summed E-state index contributed by atoms with van der Waals surface area (Å²) in [4.78, 5) is 0. The molecule has 0 aliphatic rings. The first-order valence-electron chi connectivity index (χ1n) is 6.90. The molecule has 0 aliphatic heterocycles. The fourth-order valence-corrected chi connectivity index (χ4v) is 2.06. The molecule has 0 aliphatic carbocycles. The molecule has 0 heterocycles. The van der Waals surface area contributed by atoms with Crippen LogP contribution >= 0.6 is 0 Å². The number of nitriles is 1. The van der Waals surface area contributed by atoms with E-state index in [-0.39, 0.29) is 5.41 Å². The van der Waals surface area contributed by atoms with Gasteiger partial charge in [0.25, 0.3) is 0 Å². The summed E-state index contributed by atoms with van der Waals surface area (Å²) in [6, 6.07) is 15.8. The lowest BCUT2D eigenvalue weighted by molar-refractivity contribution is 0.415. The van der Waals surface area contributed by atoms with Crippen LogP contribution in [0.2, 0.25) is 0 Å². The Bertz CT molecular complexity index is 661. The van der Waals surface area contributed by atoms with Crippen LogP contribution in [0.25, 0.3) is 0 Å². The van der Waals surface area contributed by atoms with Gasteiger partial charge < -0.3 is 10.1 Å². The van der Waals surface area contributed by atoms with Gasteiger partial charge in [-0.2, -0.15) is 5.26 Å². The minimum Gasteiger partial charge on any atom is -0.497 e. The number of rotatable bonds is 3. The lowest BCUT2D eigenvalue weighted by Gasteiger charge is -2.19. The normalized spacial score (nSPS) is 10.8. The Balaban J connectivity index is 2.28. The molecule has 2 aromatic rings. The summed E-state index contributed by atoms with van der Waals surface area (Å²) in [5, 5.41) is 12.5. The van der Waals surface area contributed by atoms with Gasteiger partial charge in [0.15, 0.2) is 0 Å². The van der Waals surface area contributed by atoms with Crippen molar-refractivity contribution in [3.8, 4) is 11.8 Å². The largest absolute Gasteiger partial charge is 0.497 e. The predicted molar refractivity (Wildman–Crippen MR) is 86.1 cm³/mol. The lowest BCUT2D eigenvalue weighted by Crippen LogP contribution is -2.10. The molecular formula is C18H20N2O. The standard InChI is InChI=1S/C18H20N2O/c1-18(2,3)14-6-8-15(9-7-14)20-17-11-16(21-4)10-5-13(17)12-19/h5-11,20H,1-4H3. The highest BCUT2D eigenvalue weighted by Crippen LogP contribution is 2.28. The van der Waals surface area contributed by atoms with Crippen molar-refractivity contribution < 1.29 is 4.74 Å². The fraction of sp³-hybridized carbons (Fsp3) is 0.278. The van der Waals surface area contributed by atoms with E-state index in [9.17, 15) is 5.26 Å². The van der Waals surface area contributed by atoms with E-state index in [1.54, 1.807) is 19.2 Å². The molecule has 2 aromatic carbocycles. The lowest BCUT2D eigenvalue weighted by atomic mass is 9.87. The maximum Gasteiger partial charge on any atom is 0.121 e. The van der Waals surface area contributed by atoms with E-state index < -0.39 is 0 Å². The van der Waals surface area contributed by atoms with E-state index in [4.69, 9.17) is 4.74 Å². The van der Waals surface area contributed by atoms with Crippen LogP contribution in [0.3, 0.4) is 0 Å². The van der Waals surface area contributed by atoms with E-state index in [0.717, 1.165) is 17.1 Å². The second kappa shape index (κ2) is 5.88. The molecule has 3 heteroatoms. The van der Waals surface area contributed by atoms with Gasteiger partial charge >= 0.3 is 0 Å². The summed E-state index contributed by atoms with van der Waals surface area (Å²) in [5.41, 5.74) is 3.70. The second-order valence-corrected chi connectivity index (χ2v) is 5.98. The molecule has 0 amide bonds. The molecule has 0 unspecified atom stereocenters. The summed E-state index contributed by atoms with van der Waals surface area (Å²) in [6.07, 6.45) is 0. The van der Waals surface area contributed by atoms with E-state index >= 15 is 0 Å². The predicted octanol–water partition coefficient (Wildman–Crippen LogP) is 4.61. The first-order chi connectivity index (χ1) is 9.94. The van der Waals surface area contributed by atoms with Crippen LogP contribution in [-0.2, 0) is 5.41 Å². The summed E-state index contributed by atoms with van der Waals surface area (Å²) in [5.74, 6) is 0.725. The highest BCUT2D eigenvalue weighted by atomic mass is 16.5. The Hall–Kier alpha value is -2.47. The van der Waals surface area contributed by atoms with Crippen LogP contribution in [0.5, 0.6) is 5.75 Å². The minimum atomic E-state index is 0.131. The van der Waals surface area contributed by atoms with Gasteiger partial charge in [0.1, 0.15) is 11.8 Å². The van der Waals surface area contributed by atoms with Crippen molar-refractivity contribution in [2.45, 2.75) is 26.2 Å². The Morgan fingerprint density at radius 2 is 1.71 bits per heavy atom. The fourth-order valence-electron chi connectivity index (χ4n) is 2.06. The van der Waals surface area contributed by atoms with Crippen molar-refractivity contribution in [1.82, 2.24) is 0 Å². The molecule has 0 fully saturated rings. The van der Waals surface area contributed by atoms with Crippen molar-refractivity contribution in [1.29, 1.82) is 5.26 Å². The topological polar surface area (TPSA) is 45.0 Å². The number of anilines is 2. The van der Waals surface area contributed by atoms with Crippen LogP contribution < -0.4 is 10.1 Å². The van der Waals surface area contributed by atoms with Gasteiger partial charge in [-0.15, -0.1) is 0 Å². The molecule has 1 N–H and O–H groups in total. The van der Waals surface area contributed by atoms with E-state index in [0.29, 0.717) is 5.56 Å². The Morgan fingerprint density at radius 1 is 1.05 bits per heavy atom. The third-order valence-corrected chi connectivity index (χ3v) is 3.38. The maximum absolute atomic E-state index is 9.18. The SMILES string of the molecule is COc1ccc(C#N)c(Nc2ccc(C(C)(C)C)cc2)c1. The highest BCUT2D eigenvalue weighted by molar-refractivity contribution is 5.68. The molecule has 0 spiro atoms. The quantitative estimate of drug-likeness (QED) is 0.893. The number of nitrogens with one attached hydrogen (secondary N) is 1. The molecule has 0 saturated heterocycles. The van der Waals surface area contributed by atoms with Crippen LogP contribution in [0.15, 0.2) is 42.5 Å². The summed E-state index contributed by atoms with van der Waals surface area (Å²) in [6.45, 7) is 6.56. The molecule has 0 radical (unpaired) electrons. The van der Waals surface area contributed by atoms with Crippen molar-refractivity contribution >= 4 is 11.4 Å². The number of benzene rings is 2. The first-order valence-corrected chi connectivity index (χ1v) is 6.90. The Morgan fingerprint density at radius 3 is 2.24 bits per heavy atom. The maximum atomic E-state index is 9.18. The van der Waals surface area contributed by atoms with Crippen molar-refractivity contribution in [3.05, 3.63) is 53.6 Å². The molecule has 0 saturated carbocycles. The Labute approximate surface area is 126 Å². The number of hydrogen-bond acceptors (Lipinski definition) is 3. The van der Waals surface area contributed by atoms with Crippen molar-refractivity contribution in [2.24, 2.45) is 0 Å². The monoisotopic (exact) mass is 280 g/mol. The van der Waals surface area contributed by atoms with Gasteiger partial charge in [-0.3, -0.25) is 0 Å². The molecule has 2 rings (SSSR count). The molecule has 0 bridgehead atoms. The first kappa shape index (κ1) is 14.9. The third kappa shape index (κ3) is 3.55. The number of ether oxygens (including phenoxy) is 1. The molecular weight excluding hydrogens is 260 g/mol. The molecule has 0 atom stereocenters. The van der Waals surface area contributed by atoms with Gasteiger partial charge in [-0.05, 0) is 35.2 Å². The minimum absolute atomic E-state index is 0.131. The molecule has 0 aromatic heterocycles. The number of methoxy groups -OCH3 is 1. The highest BCUT2D eigenvalue weighted by Gasteiger charge is 2.13. The van der Waals surface area contributed by atoms with Crippen LogP contribution in [-0.4, -0.2) is 7.11 Å². The van der Waals surface area contributed by atoms with Crippen molar-refractivity contribution in [3.63, 3.8) is 0 Å². The van der Waals surface area contributed by atoms with Crippen LogP contribution in [0.1, 0.15) is 31.9 Å². The Kier molecular flexibility index (Phi) is 4.18. The van der Waals surface area contributed by atoms with Gasteiger partial charge in [0.05, 0.1) is 18.4 Å². The van der Waals surface area contributed by atoms with E-state index in [2.05, 4.69) is 44.3 Å². The summed E-state index contributed by atoms with van der Waals surface area (Å²) in [7, 11) is 1.61. The average molecular weight is 280 g/mol. The van der Waals surface area contributed by atoms with E-state index in [1.165, 1.54) is 5.56 Å². The van der Waals surface area contributed by atoms with Gasteiger partial charge in [0.2, 0.25) is 0 Å². The van der Waals surface area contributed by atoms with Gasteiger partial charge in [-0.1, -0.05) is 32.9 Å².